The maximum atomic E-state index is 5.19. The molecule has 4 heteroatoms. The first-order chi connectivity index (χ1) is 28.1. The Kier molecular flexibility index (Phi) is 6.65. The van der Waals surface area contributed by atoms with E-state index in [4.69, 9.17) is 9.97 Å². The minimum absolute atomic E-state index is 0.256. The van der Waals surface area contributed by atoms with Crippen LogP contribution < -0.4 is 0 Å². The third kappa shape index (κ3) is 4.44. The highest BCUT2D eigenvalue weighted by Crippen LogP contribution is 2.58. The number of para-hydroxylation sites is 4. The van der Waals surface area contributed by atoms with E-state index in [1.54, 1.807) is 0 Å². The summed E-state index contributed by atoms with van der Waals surface area (Å²) >= 11 is 0. The van der Waals surface area contributed by atoms with Gasteiger partial charge in [-0.2, -0.15) is 0 Å². The second kappa shape index (κ2) is 11.8. The molecule has 57 heavy (non-hydrogen) atoms. The average Bonchev–Trinajstić information content (AvgIpc) is 3.87. The van der Waals surface area contributed by atoms with Crippen LogP contribution in [0.15, 0.2) is 182 Å². The first-order valence-corrected chi connectivity index (χ1v) is 19.7. The predicted octanol–water partition coefficient (Wildman–Crippen LogP) is 13.5. The number of aromatic nitrogens is 4. The fraction of sp³-hybridized carbons (Fsp3) is 0.0566. The van der Waals surface area contributed by atoms with Crippen molar-refractivity contribution in [3.8, 4) is 45.1 Å². The molecule has 0 unspecified atom stereocenters. The van der Waals surface area contributed by atoms with Crippen molar-refractivity contribution in [2.24, 2.45) is 0 Å². The van der Waals surface area contributed by atoms with Gasteiger partial charge in [0, 0.05) is 60.4 Å². The van der Waals surface area contributed by atoms with Crippen LogP contribution in [-0.4, -0.2) is 19.1 Å². The second-order valence-electron chi connectivity index (χ2n) is 15.7. The first-order valence-electron chi connectivity index (χ1n) is 19.7. The summed E-state index contributed by atoms with van der Waals surface area (Å²) in [5, 5.41) is 6.14. The van der Waals surface area contributed by atoms with Crippen LogP contribution in [0.4, 0.5) is 0 Å². The SMILES string of the molecule is CC1(C)c2ccccc2-c2c1c1c(c3ccccc3n1-c1ccccc1)c1c3ccccc3n(-c3ccc(-c4nc(-c5ccccc5)c5ccccc5n4)cc3)c21. The van der Waals surface area contributed by atoms with E-state index in [0.29, 0.717) is 5.82 Å². The summed E-state index contributed by atoms with van der Waals surface area (Å²) in [5.41, 5.74) is 16.2. The van der Waals surface area contributed by atoms with Crippen molar-refractivity contribution in [3.05, 3.63) is 193 Å². The molecule has 0 aliphatic heterocycles. The van der Waals surface area contributed by atoms with E-state index < -0.39 is 0 Å². The number of hydrogen-bond donors (Lipinski definition) is 0. The molecule has 4 nitrogen and oxygen atoms in total. The third-order valence-electron chi connectivity index (χ3n) is 12.3. The largest absolute Gasteiger partial charge is 0.309 e. The van der Waals surface area contributed by atoms with Gasteiger partial charge in [0.1, 0.15) is 0 Å². The fourth-order valence-corrected chi connectivity index (χ4v) is 9.84. The van der Waals surface area contributed by atoms with Crippen LogP contribution in [0.2, 0.25) is 0 Å². The quantitative estimate of drug-likeness (QED) is 0.181. The van der Waals surface area contributed by atoms with Gasteiger partial charge in [-0.3, -0.25) is 0 Å². The van der Waals surface area contributed by atoms with E-state index in [9.17, 15) is 0 Å². The number of rotatable bonds is 4. The summed E-state index contributed by atoms with van der Waals surface area (Å²) in [5.74, 6) is 0.716. The molecule has 0 fully saturated rings. The van der Waals surface area contributed by atoms with Crippen molar-refractivity contribution in [2.45, 2.75) is 19.3 Å². The van der Waals surface area contributed by atoms with Gasteiger partial charge in [0.05, 0.1) is 33.3 Å². The van der Waals surface area contributed by atoms with Crippen LogP contribution in [0, 0.1) is 0 Å². The van der Waals surface area contributed by atoms with E-state index in [1.807, 2.05) is 12.1 Å². The van der Waals surface area contributed by atoms with Gasteiger partial charge in [-0.05, 0) is 71.3 Å². The molecule has 0 bridgehead atoms. The van der Waals surface area contributed by atoms with Gasteiger partial charge in [-0.1, -0.05) is 141 Å². The lowest BCUT2D eigenvalue weighted by Gasteiger charge is -2.24. The van der Waals surface area contributed by atoms with Gasteiger partial charge < -0.3 is 9.13 Å². The molecule has 1 aliphatic carbocycles. The van der Waals surface area contributed by atoms with Crippen molar-refractivity contribution >= 4 is 54.5 Å². The van der Waals surface area contributed by atoms with Gasteiger partial charge in [0.15, 0.2) is 5.82 Å². The molecule has 0 amide bonds. The van der Waals surface area contributed by atoms with Crippen molar-refractivity contribution in [2.75, 3.05) is 0 Å². The Morgan fingerprint density at radius 3 is 1.70 bits per heavy atom. The van der Waals surface area contributed by atoms with Gasteiger partial charge in [-0.15, -0.1) is 0 Å². The van der Waals surface area contributed by atoms with Gasteiger partial charge in [-0.25, -0.2) is 9.97 Å². The van der Waals surface area contributed by atoms with Crippen LogP contribution >= 0.6 is 0 Å². The van der Waals surface area contributed by atoms with E-state index in [0.717, 1.165) is 33.4 Å². The summed E-state index contributed by atoms with van der Waals surface area (Å²) in [6, 6.07) is 65.4. The number of fused-ring (bicyclic) bond motifs is 13. The van der Waals surface area contributed by atoms with E-state index >= 15 is 0 Å². The molecule has 12 rings (SSSR count). The normalized spacial score (nSPS) is 13.2. The maximum absolute atomic E-state index is 5.19. The molecule has 0 saturated heterocycles. The molecule has 268 valence electrons. The third-order valence-corrected chi connectivity index (χ3v) is 12.3. The van der Waals surface area contributed by atoms with E-state index in [1.165, 1.54) is 71.6 Å². The summed E-state index contributed by atoms with van der Waals surface area (Å²) in [6.07, 6.45) is 0. The van der Waals surface area contributed by atoms with Crippen LogP contribution in [0.3, 0.4) is 0 Å². The summed E-state index contributed by atoms with van der Waals surface area (Å²) in [4.78, 5) is 10.3. The van der Waals surface area contributed by atoms with Crippen molar-refractivity contribution < 1.29 is 0 Å². The minimum atomic E-state index is -0.256. The zero-order valence-corrected chi connectivity index (χ0v) is 31.6. The Balaban J connectivity index is 1.18. The molecule has 3 aromatic heterocycles. The smallest absolute Gasteiger partial charge is 0.160 e. The average molecular weight is 729 g/mol. The maximum Gasteiger partial charge on any atom is 0.160 e. The molecule has 0 N–H and O–H groups in total. The number of hydrogen-bond acceptors (Lipinski definition) is 2. The molecule has 11 aromatic rings. The molecule has 0 saturated carbocycles. The van der Waals surface area contributed by atoms with Crippen LogP contribution in [0.1, 0.15) is 25.0 Å². The predicted molar refractivity (Wildman–Crippen MR) is 237 cm³/mol. The Hall–Kier alpha value is -7.30. The highest BCUT2D eigenvalue weighted by Gasteiger charge is 2.41. The Bertz CT molecular complexity index is 3410. The first kappa shape index (κ1) is 32.0. The Morgan fingerprint density at radius 2 is 0.982 bits per heavy atom. The van der Waals surface area contributed by atoms with Crippen LogP contribution in [0.5, 0.6) is 0 Å². The number of benzene rings is 8. The minimum Gasteiger partial charge on any atom is -0.309 e. The topological polar surface area (TPSA) is 35.6 Å². The lowest BCUT2D eigenvalue weighted by Crippen LogP contribution is -2.16. The molecule has 3 heterocycles. The Morgan fingerprint density at radius 1 is 0.439 bits per heavy atom. The standard InChI is InChI=1S/C53H36N4/c1-53(2)41-25-13-9-21-37(41)47-48(53)51-46(40-24-12-16-28-44(40)57(51)35-19-7-4-8-20-35)45-39-23-11-15-27-43(39)56(50(45)47)36-31-29-34(30-32-36)52-54-42-26-14-10-22-38(42)49(55-52)33-17-5-3-6-18-33/h3-32H,1-2H3. The zero-order valence-electron chi connectivity index (χ0n) is 31.6. The highest BCUT2D eigenvalue weighted by atomic mass is 15.0. The monoisotopic (exact) mass is 728 g/mol. The van der Waals surface area contributed by atoms with Gasteiger partial charge in [0.2, 0.25) is 0 Å². The molecule has 1 aliphatic rings. The molecule has 0 atom stereocenters. The van der Waals surface area contributed by atoms with Gasteiger partial charge in [0.25, 0.3) is 0 Å². The summed E-state index contributed by atoms with van der Waals surface area (Å²) in [7, 11) is 0. The summed E-state index contributed by atoms with van der Waals surface area (Å²) < 4.78 is 5.03. The molecular formula is C53H36N4. The Labute approximate surface area is 329 Å². The molecule has 8 aromatic carbocycles. The molecule has 0 spiro atoms. The van der Waals surface area contributed by atoms with Crippen LogP contribution in [0.25, 0.3) is 99.7 Å². The zero-order chi connectivity index (χ0) is 37.8. The number of nitrogens with zero attached hydrogens (tertiary/aromatic N) is 4. The van der Waals surface area contributed by atoms with Crippen molar-refractivity contribution in [3.63, 3.8) is 0 Å². The van der Waals surface area contributed by atoms with E-state index in [2.05, 4.69) is 193 Å². The van der Waals surface area contributed by atoms with E-state index in [-0.39, 0.29) is 5.41 Å². The fourth-order valence-electron chi connectivity index (χ4n) is 9.84. The molecular weight excluding hydrogens is 693 g/mol. The molecule has 0 radical (unpaired) electrons. The van der Waals surface area contributed by atoms with Crippen molar-refractivity contribution in [1.82, 2.24) is 19.1 Å². The lowest BCUT2D eigenvalue weighted by molar-refractivity contribution is 0.664. The second-order valence-corrected chi connectivity index (χ2v) is 15.7. The van der Waals surface area contributed by atoms with Crippen LogP contribution in [-0.2, 0) is 5.41 Å². The van der Waals surface area contributed by atoms with Crippen molar-refractivity contribution in [1.29, 1.82) is 0 Å². The summed E-state index contributed by atoms with van der Waals surface area (Å²) in [6.45, 7) is 4.82. The highest BCUT2D eigenvalue weighted by molar-refractivity contribution is 6.33. The van der Waals surface area contributed by atoms with Gasteiger partial charge >= 0.3 is 0 Å². The lowest BCUT2D eigenvalue weighted by atomic mass is 9.81.